The van der Waals surface area contributed by atoms with Crippen molar-refractivity contribution < 1.29 is 19.1 Å². The zero-order chi connectivity index (χ0) is 22.5. The van der Waals surface area contributed by atoms with E-state index in [1.165, 1.54) is 0 Å². The zero-order valence-corrected chi connectivity index (χ0v) is 18.3. The van der Waals surface area contributed by atoms with E-state index in [1.807, 2.05) is 55.6 Å². The van der Waals surface area contributed by atoms with E-state index in [0.29, 0.717) is 19.4 Å². The summed E-state index contributed by atoms with van der Waals surface area (Å²) < 4.78 is 13.9. The molecule has 3 atom stereocenters. The molecule has 2 N–H and O–H groups in total. The van der Waals surface area contributed by atoms with Gasteiger partial charge in [0.2, 0.25) is 11.8 Å². The molecular weight excluding hydrogens is 406 g/mol. The molecule has 5 rings (SSSR count). The molecule has 2 aliphatic heterocycles. The number of hydrogen-bond acceptors (Lipinski definition) is 4. The number of benzene rings is 2. The van der Waals surface area contributed by atoms with Crippen molar-refractivity contribution in [2.24, 2.45) is 11.7 Å². The third-order valence-electron chi connectivity index (χ3n) is 6.83. The Morgan fingerprint density at radius 3 is 2.78 bits per heavy atom. The molecule has 1 fully saturated rings. The van der Waals surface area contributed by atoms with Gasteiger partial charge in [-0.25, -0.2) is 0 Å². The standard InChI is InChI=1S/C25H27N3O4/c1-25-15-18(16-7-3-4-9-21(16)32-25)22(23(26)29)24(30)28(25)13-6-12-27-14-11-17-19(27)8-5-10-20(17)31-2/h3-5,7-11,14,18,22H,6,12-13,15H2,1-2H3,(H2,26,29). The maximum absolute atomic E-state index is 13.4. The highest BCUT2D eigenvalue weighted by molar-refractivity contribution is 6.01. The Morgan fingerprint density at radius 2 is 2.00 bits per heavy atom. The molecule has 1 aromatic heterocycles. The summed E-state index contributed by atoms with van der Waals surface area (Å²) in [6.07, 6.45) is 3.29. The van der Waals surface area contributed by atoms with Gasteiger partial charge in [-0.2, -0.15) is 0 Å². The summed E-state index contributed by atoms with van der Waals surface area (Å²) in [5.74, 6) is -0.392. The Morgan fingerprint density at radius 1 is 1.19 bits per heavy atom. The van der Waals surface area contributed by atoms with Crippen molar-refractivity contribution in [1.82, 2.24) is 9.47 Å². The van der Waals surface area contributed by atoms with Crippen molar-refractivity contribution in [2.45, 2.75) is 38.0 Å². The normalized spacial score (nSPS) is 24.2. The first kappa shape index (κ1) is 20.4. The topological polar surface area (TPSA) is 86.8 Å². The second kappa shape index (κ2) is 7.58. The summed E-state index contributed by atoms with van der Waals surface area (Å²) in [5.41, 5.74) is 6.87. The van der Waals surface area contributed by atoms with Crippen molar-refractivity contribution in [3.63, 3.8) is 0 Å². The molecule has 3 unspecified atom stereocenters. The first-order chi connectivity index (χ1) is 15.4. The molecule has 1 saturated heterocycles. The number of amides is 2. The van der Waals surface area contributed by atoms with Crippen molar-refractivity contribution in [1.29, 1.82) is 0 Å². The van der Waals surface area contributed by atoms with E-state index >= 15 is 0 Å². The molecule has 3 heterocycles. The first-order valence-corrected chi connectivity index (χ1v) is 10.9. The largest absolute Gasteiger partial charge is 0.496 e. The minimum atomic E-state index is -0.871. The predicted octanol–water partition coefficient (Wildman–Crippen LogP) is 3.27. The Hall–Kier alpha value is -3.48. The number of nitrogens with two attached hydrogens (primary N) is 1. The summed E-state index contributed by atoms with van der Waals surface area (Å²) in [6.45, 7) is 3.12. The van der Waals surface area contributed by atoms with Crippen LogP contribution in [0, 0.1) is 5.92 Å². The molecule has 7 nitrogen and oxygen atoms in total. The van der Waals surface area contributed by atoms with Gasteiger partial charge in [0.1, 0.15) is 17.4 Å². The van der Waals surface area contributed by atoms with Gasteiger partial charge >= 0.3 is 0 Å². The number of carbonyl (C=O) groups excluding carboxylic acids is 2. The number of nitrogens with zero attached hydrogens (tertiary/aromatic N) is 2. The minimum absolute atomic E-state index is 0.246. The van der Waals surface area contributed by atoms with E-state index in [2.05, 4.69) is 10.6 Å². The number of rotatable bonds is 6. The average Bonchev–Trinajstić information content (AvgIpc) is 3.18. The average molecular weight is 434 g/mol. The van der Waals surface area contributed by atoms with E-state index in [9.17, 15) is 9.59 Å². The number of piperidine rings is 1. The number of aryl methyl sites for hydroxylation is 1. The summed E-state index contributed by atoms with van der Waals surface area (Å²) >= 11 is 0. The fourth-order valence-electron chi connectivity index (χ4n) is 5.35. The summed E-state index contributed by atoms with van der Waals surface area (Å²) in [6, 6.07) is 15.6. The van der Waals surface area contributed by atoms with Gasteiger partial charge < -0.3 is 24.7 Å². The molecule has 0 spiro atoms. The number of likely N-dealkylation sites (tertiary alicyclic amines) is 1. The van der Waals surface area contributed by atoms with Gasteiger partial charge in [-0.05, 0) is 43.2 Å². The van der Waals surface area contributed by atoms with Crippen LogP contribution in [0.1, 0.15) is 31.2 Å². The number of carbonyl (C=O) groups is 2. The van der Waals surface area contributed by atoms with Gasteiger partial charge in [-0.3, -0.25) is 9.59 Å². The van der Waals surface area contributed by atoms with Crippen LogP contribution in [0.3, 0.4) is 0 Å². The van der Waals surface area contributed by atoms with Crippen molar-refractivity contribution in [2.75, 3.05) is 13.7 Å². The molecule has 2 aromatic carbocycles. The predicted molar refractivity (Wildman–Crippen MR) is 120 cm³/mol. The lowest BCUT2D eigenvalue weighted by Crippen LogP contribution is -2.64. The lowest BCUT2D eigenvalue weighted by atomic mass is 9.73. The molecule has 32 heavy (non-hydrogen) atoms. The first-order valence-electron chi connectivity index (χ1n) is 10.9. The van der Waals surface area contributed by atoms with Crippen LogP contribution >= 0.6 is 0 Å². The Balaban J connectivity index is 1.39. The second-order valence-electron chi connectivity index (χ2n) is 8.75. The molecule has 7 heteroatoms. The number of methoxy groups -OCH3 is 1. The van der Waals surface area contributed by atoms with Crippen LogP contribution in [-0.2, 0) is 16.1 Å². The monoisotopic (exact) mass is 433 g/mol. The van der Waals surface area contributed by atoms with E-state index in [4.69, 9.17) is 15.2 Å². The third kappa shape index (κ3) is 3.11. The Bertz CT molecular complexity index is 1200. The van der Waals surface area contributed by atoms with Crippen LogP contribution in [0.25, 0.3) is 10.9 Å². The SMILES string of the molecule is COc1cccc2c1ccn2CCCN1C(=O)C(C(N)=O)C2CC1(C)Oc1ccccc12. The van der Waals surface area contributed by atoms with E-state index < -0.39 is 17.6 Å². The molecule has 0 radical (unpaired) electrons. The fourth-order valence-corrected chi connectivity index (χ4v) is 5.35. The molecule has 166 valence electrons. The van der Waals surface area contributed by atoms with Crippen LogP contribution < -0.4 is 15.2 Å². The smallest absolute Gasteiger partial charge is 0.238 e. The Kier molecular flexibility index (Phi) is 4.84. The van der Waals surface area contributed by atoms with Crippen LogP contribution in [0.2, 0.25) is 0 Å². The van der Waals surface area contributed by atoms with Gasteiger partial charge in [0.25, 0.3) is 0 Å². The quantitative estimate of drug-likeness (QED) is 0.605. The maximum atomic E-state index is 13.4. The Labute approximate surface area is 186 Å². The van der Waals surface area contributed by atoms with Gasteiger partial charge in [-0.15, -0.1) is 0 Å². The molecule has 2 aliphatic rings. The number of fused-ring (bicyclic) bond motifs is 5. The highest BCUT2D eigenvalue weighted by atomic mass is 16.5. The summed E-state index contributed by atoms with van der Waals surface area (Å²) in [5, 5.41) is 1.06. The highest BCUT2D eigenvalue weighted by Crippen LogP contribution is 2.50. The lowest BCUT2D eigenvalue weighted by Gasteiger charge is -2.52. The molecule has 3 aromatic rings. The van der Waals surface area contributed by atoms with Crippen molar-refractivity contribution >= 4 is 22.7 Å². The summed E-state index contributed by atoms with van der Waals surface area (Å²) in [7, 11) is 1.67. The van der Waals surface area contributed by atoms with Crippen LogP contribution in [0.15, 0.2) is 54.7 Å². The van der Waals surface area contributed by atoms with Gasteiger partial charge in [-0.1, -0.05) is 24.3 Å². The molecule has 2 bridgehead atoms. The molecule has 2 amide bonds. The number of para-hydroxylation sites is 1. The minimum Gasteiger partial charge on any atom is -0.496 e. The highest BCUT2D eigenvalue weighted by Gasteiger charge is 2.55. The number of hydrogen-bond donors (Lipinski definition) is 1. The maximum Gasteiger partial charge on any atom is 0.238 e. The number of ether oxygens (including phenoxy) is 2. The van der Waals surface area contributed by atoms with Gasteiger partial charge in [0.05, 0.1) is 12.6 Å². The molecule has 0 aliphatic carbocycles. The number of primary amides is 1. The van der Waals surface area contributed by atoms with Gasteiger partial charge in [0.15, 0.2) is 5.72 Å². The van der Waals surface area contributed by atoms with Crippen LogP contribution in [-0.4, -0.2) is 40.7 Å². The molecular formula is C25H27N3O4. The molecule has 0 saturated carbocycles. The third-order valence-corrected chi connectivity index (χ3v) is 6.83. The summed E-state index contributed by atoms with van der Waals surface area (Å²) in [4.78, 5) is 27.4. The number of aromatic nitrogens is 1. The van der Waals surface area contributed by atoms with E-state index in [-0.39, 0.29) is 11.8 Å². The van der Waals surface area contributed by atoms with Crippen LogP contribution in [0.5, 0.6) is 11.5 Å². The van der Waals surface area contributed by atoms with Crippen molar-refractivity contribution in [3.8, 4) is 11.5 Å². The van der Waals surface area contributed by atoms with Crippen LogP contribution in [0.4, 0.5) is 0 Å². The lowest BCUT2D eigenvalue weighted by molar-refractivity contribution is -0.175. The second-order valence-corrected chi connectivity index (χ2v) is 8.75. The van der Waals surface area contributed by atoms with Crippen molar-refractivity contribution in [3.05, 3.63) is 60.3 Å². The van der Waals surface area contributed by atoms with E-state index in [0.717, 1.165) is 34.5 Å². The van der Waals surface area contributed by atoms with E-state index in [1.54, 1.807) is 12.0 Å². The fraction of sp³-hybridized carbons (Fsp3) is 0.360. The van der Waals surface area contributed by atoms with Gasteiger partial charge in [0, 0.05) is 37.0 Å². The zero-order valence-electron chi connectivity index (χ0n) is 18.3.